The molecule has 5 rings (SSSR count). The van der Waals surface area contributed by atoms with Crippen LogP contribution in [0.5, 0.6) is 0 Å². The van der Waals surface area contributed by atoms with Gasteiger partial charge in [-0.25, -0.2) is 9.97 Å². The average molecular weight is 497 g/mol. The summed E-state index contributed by atoms with van der Waals surface area (Å²) in [5, 5.41) is 3.91. The van der Waals surface area contributed by atoms with E-state index in [2.05, 4.69) is 50.3 Å². The van der Waals surface area contributed by atoms with Gasteiger partial charge in [-0.15, -0.1) is 0 Å². The fourth-order valence-corrected chi connectivity index (χ4v) is 5.44. The van der Waals surface area contributed by atoms with Crippen LogP contribution in [0, 0.1) is 5.92 Å². The Morgan fingerprint density at radius 1 is 1.26 bits per heavy atom. The molecule has 9 nitrogen and oxygen atoms in total. The maximum atomic E-state index is 13.6. The molecule has 1 unspecified atom stereocenters. The second-order valence-corrected chi connectivity index (χ2v) is 10.3. The molecule has 0 aromatic carbocycles. The number of rotatable bonds is 6. The predicted octanol–water partition coefficient (Wildman–Crippen LogP) is 2.80. The highest BCUT2D eigenvalue weighted by Gasteiger charge is 2.42. The molecule has 0 saturated carbocycles. The Bertz CT molecular complexity index is 1220. The number of nitrogens with one attached hydrogen (secondary N) is 1. The fraction of sp³-hybridized carbons (Fsp3) is 0.520. The number of nitrogens with zero attached hydrogens (tertiary/aromatic N) is 7. The van der Waals surface area contributed by atoms with Gasteiger partial charge in [-0.3, -0.25) is 4.79 Å². The summed E-state index contributed by atoms with van der Waals surface area (Å²) in [5.74, 6) is 1.43. The first-order valence-electron chi connectivity index (χ1n) is 12.3. The number of carbonyl (C=O) groups excluding carboxylic acids is 1. The number of hydrogen-bond acceptors (Lipinski definition) is 7. The maximum Gasteiger partial charge on any atom is 0.230 e. The SMILES string of the molecule is CCN(C(=O)C1CN(c2nc(N3CCNCC3C)ncc2Cl)C1)C(C)(C)c1cnc2ccccn12. The third kappa shape index (κ3) is 4.21. The molecular formula is C25H33ClN8O. The van der Waals surface area contributed by atoms with Crippen LogP contribution in [0.3, 0.4) is 0 Å². The van der Waals surface area contributed by atoms with E-state index in [9.17, 15) is 4.79 Å². The van der Waals surface area contributed by atoms with Gasteiger partial charge in [-0.2, -0.15) is 4.98 Å². The monoisotopic (exact) mass is 496 g/mol. The summed E-state index contributed by atoms with van der Waals surface area (Å²) in [6.07, 6.45) is 5.55. The van der Waals surface area contributed by atoms with Gasteiger partial charge in [0, 0.05) is 51.5 Å². The van der Waals surface area contributed by atoms with E-state index in [1.807, 2.05) is 42.4 Å². The molecule has 0 aliphatic carbocycles. The zero-order valence-electron chi connectivity index (χ0n) is 20.8. The lowest BCUT2D eigenvalue weighted by Gasteiger charge is -2.45. The largest absolute Gasteiger partial charge is 0.353 e. The number of aromatic nitrogens is 4. The van der Waals surface area contributed by atoms with E-state index in [4.69, 9.17) is 16.6 Å². The van der Waals surface area contributed by atoms with E-state index in [1.54, 1.807) is 6.20 Å². The molecule has 10 heteroatoms. The minimum Gasteiger partial charge on any atom is -0.353 e. The van der Waals surface area contributed by atoms with Crippen molar-refractivity contribution >= 4 is 34.9 Å². The lowest BCUT2D eigenvalue weighted by molar-refractivity contribution is -0.142. The summed E-state index contributed by atoms with van der Waals surface area (Å²) in [4.78, 5) is 33.7. The van der Waals surface area contributed by atoms with E-state index >= 15 is 0 Å². The van der Waals surface area contributed by atoms with Crippen LogP contribution in [0.1, 0.15) is 33.4 Å². The van der Waals surface area contributed by atoms with Crippen molar-refractivity contribution in [1.29, 1.82) is 0 Å². The van der Waals surface area contributed by atoms with Crippen LogP contribution in [0.25, 0.3) is 5.65 Å². The molecule has 0 radical (unpaired) electrons. The molecular weight excluding hydrogens is 464 g/mol. The summed E-state index contributed by atoms with van der Waals surface area (Å²) >= 11 is 6.49. The average Bonchev–Trinajstić information content (AvgIpc) is 3.25. The Morgan fingerprint density at radius 2 is 2.06 bits per heavy atom. The van der Waals surface area contributed by atoms with E-state index in [0.717, 1.165) is 31.0 Å². The van der Waals surface area contributed by atoms with E-state index in [-0.39, 0.29) is 11.8 Å². The number of hydrogen-bond donors (Lipinski definition) is 1. The van der Waals surface area contributed by atoms with Gasteiger partial charge in [0.1, 0.15) is 10.7 Å². The van der Waals surface area contributed by atoms with Crippen LogP contribution in [0.2, 0.25) is 5.02 Å². The Kier molecular flexibility index (Phi) is 6.31. The maximum absolute atomic E-state index is 13.6. The van der Waals surface area contributed by atoms with Gasteiger partial charge >= 0.3 is 0 Å². The van der Waals surface area contributed by atoms with E-state index < -0.39 is 5.54 Å². The zero-order chi connectivity index (χ0) is 24.7. The Balaban J connectivity index is 1.31. The highest BCUT2D eigenvalue weighted by atomic mass is 35.5. The molecule has 0 spiro atoms. The predicted molar refractivity (Wildman–Crippen MR) is 138 cm³/mol. The third-order valence-electron chi connectivity index (χ3n) is 7.30. The summed E-state index contributed by atoms with van der Waals surface area (Å²) < 4.78 is 2.06. The number of piperazine rings is 1. The van der Waals surface area contributed by atoms with Gasteiger partial charge in [0.15, 0.2) is 5.82 Å². The lowest BCUT2D eigenvalue weighted by atomic mass is 9.92. The molecule has 5 heterocycles. The first kappa shape index (κ1) is 23.8. The van der Waals surface area contributed by atoms with Gasteiger partial charge in [0.2, 0.25) is 11.9 Å². The zero-order valence-corrected chi connectivity index (χ0v) is 21.5. The van der Waals surface area contributed by atoms with Crippen molar-refractivity contribution in [2.24, 2.45) is 5.92 Å². The van der Waals surface area contributed by atoms with Crippen molar-refractivity contribution in [3.63, 3.8) is 0 Å². The number of fused-ring (bicyclic) bond motifs is 1. The molecule has 2 aliphatic rings. The number of halogens is 1. The van der Waals surface area contributed by atoms with Gasteiger partial charge in [0.05, 0.1) is 29.5 Å². The number of pyridine rings is 1. The van der Waals surface area contributed by atoms with Crippen molar-refractivity contribution in [2.45, 2.75) is 39.3 Å². The second kappa shape index (κ2) is 9.28. The van der Waals surface area contributed by atoms with Gasteiger partial charge in [0.25, 0.3) is 0 Å². The molecule has 3 aromatic heterocycles. The van der Waals surface area contributed by atoms with Gasteiger partial charge < -0.3 is 24.4 Å². The van der Waals surface area contributed by atoms with E-state index in [1.165, 1.54) is 0 Å². The number of amides is 1. The fourth-order valence-electron chi connectivity index (χ4n) is 5.23. The molecule has 1 atom stereocenters. The molecule has 186 valence electrons. The van der Waals surface area contributed by atoms with Crippen LogP contribution in [-0.4, -0.2) is 75.5 Å². The van der Waals surface area contributed by atoms with Crippen LogP contribution < -0.4 is 15.1 Å². The number of imidazole rings is 1. The second-order valence-electron chi connectivity index (χ2n) is 9.90. The highest BCUT2D eigenvalue weighted by molar-refractivity contribution is 6.32. The topological polar surface area (TPSA) is 81.9 Å². The van der Waals surface area contributed by atoms with Crippen LogP contribution in [0.15, 0.2) is 36.8 Å². The number of anilines is 2. The molecule has 2 fully saturated rings. The van der Waals surface area contributed by atoms with Crippen molar-refractivity contribution < 1.29 is 4.79 Å². The Hall–Kier alpha value is -2.91. The summed E-state index contributed by atoms with van der Waals surface area (Å²) in [7, 11) is 0. The molecule has 0 bridgehead atoms. The van der Waals surface area contributed by atoms with Crippen molar-refractivity contribution in [2.75, 3.05) is 49.1 Å². The van der Waals surface area contributed by atoms with Gasteiger partial charge in [-0.05, 0) is 39.8 Å². The van der Waals surface area contributed by atoms with Gasteiger partial charge in [-0.1, -0.05) is 17.7 Å². The van der Waals surface area contributed by atoms with Crippen LogP contribution in [-0.2, 0) is 10.3 Å². The standard InChI is InChI=1S/C25H33ClN8O/c1-5-34(25(3,4)20-14-28-21-8-6-7-10-33(20)21)23(35)18-15-31(16-18)22-19(26)13-29-24(30-22)32-11-9-27-12-17(32)2/h6-8,10,13-14,17-18,27H,5,9,11-12,15-16H2,1-4H3. The molecule has 35 heavy (non-hydrogen) atoms. The molecule has 1 N–H and O–H groups in total. The number of carbonyl (C=O) groups is 1. The molecule has 2 aliphatic heterocycles. The summed E-state index contributed by atoms with van der Waals surface area (Å²) in [5.41, 5.74) is 1.36. The highest BCUT2D eigenvalue weighted by Crippen LogP contribution is 2.35. The first-order valence-corrected chi connectivity index (χ1v) is 12.7. The van der Waals surface area contributed by atoms with E-state index in [0.29, 0.717) is 42.5 Å². The van der Waals surface area contributed by atoms with Crippen molar-refractivity contribution in [3.05, 3.63) is 47.5 Å². The summed E-state index contributed by atoms with van der Waals surface area (Å²) in [6, 6.07) is 6.24. The minimum atomic E-state index is -0.509. The molecule has 2 saturated heterocycles. The third-order valence-corrected chi connectivity index (χ3v) is 7.57. The smallest absolute Gasteiger partial charge is 0.230 e. The minimum absolute atomic E-state index is 0.110. The normalized spacial score (nSPS) is 19.2. The molecule has 1 amide bonds. The quantitative estimate of drug-likeness (QED) is 0.562. The lowest BCUT2D eigenvalue weighted by Crippen LogP contribution is -2.58. The Labute approximate surface area is 211 Å². The molecule has 3 aromatic rings. The van der Waals surface area contributed by atoms with Crippen molar-refractivity contribution in [3.8, 4) is 0 Å². The van der Waals surface area contributed by atoms with Crippen LogP contribution >= 0.6 is 11.6 Å². The Morgan fingerprint density at radius 3 is 2.80 bits per heavy atom. The first-order chi connectivity index (χ1) is 16.8. The van der Waals surface area contributed by atoms with Crippen molar-refractivity contribution in [1.82, 2.24) is 29.6 Å². The summed E-state index contributed by atoms with van der Waals surface area (Å²) in [6.45, 7) is 12.8. The van der Waals surface area contributed by atoms with Crippen LogP contribution in [0.4, 0.5) is 11.8 Å².